The molecule has 2 amide bonds. The number of piperidine rings is 1. The molecule has 1 N–H and O–H groups in total. The Morgan fingerprint density at radius 3 is 2.58 bits per heavy atom. The summed E-state index contributed by atoms with van der Waals surface area (Å²) in [5.74, 6) is 0.814. The number of benzene rings is 1. The van der Waals surface area contributed by atoms with Crippen LogP contribution in [-0.4, -0.2) is 29.8 Å². The van der Waals surface area contributed by atoms with Gasteiger partial charge in [-0.05, 0) is 30.2 Å². The Hall–Kier alpha value is -1.84. The van der Waals surface area contributed by atoms with Crippen LogP contribution in [0.4, 0.5) is 0 Å². The number of carbonyl (C=O) groups excluding carboxylic acids is 2. The van der Waals surface area contributed by atoms with Crippen molar-refractivity contribution in [2.75, 3.05) is 13.1 Å². The van der Waals surface area contributed by atoms with Crippen LogP contribution in [0.25, 0.3) is 0 Å². The van der Waals surface area contributed by atoms with Gasteiger partial charge in [-0.3, -0.25) is 9.59 Å². The summed E-state index contributed by atoms with van der Waals surface area (Å²) in [7, 11) is 0. The molecule has 4 nitrogen and oxygen atoms in total. The first-order chi connectivity index (χ1) is 11.5. The lowest BCUT2D eigenvalue weighted by Gasteiger charge is -2.35. The molecule has 1 fully saturated rings. The van der Waals surface area contributed by atoms with Crippen molar-refractivity contribution in [1.29, 1.82) is 0 Å². The number of nitrogens with zero attached hydrogens (tertiary/aromatic N) is 1. The summed E-state index contributed by atoms with van der Waals surface area (Å²) in [5.41, 5.74) is 0.859. The van der Waals surface area contributed by atoms with E-state index in [9.17, 15) is 9.59 Å². The van der Waals surface area contributed by atoms with Crippen molar-refractivity contribution in [3.8, 4) is 0 Å². The van der Waals surface area contributed by atoms with Crippen LogP contribution in [0.2, 0.25) is 0 Å². The number of carbonyl (C=O) groups is 2. The van der Waals surface area contributed by atoms with E-state index < -0.39 is 6.04 Å². The van der Waals surface area contributed by atoms with Gasteiger partial charge in [-0.1, -0.05) is 57.5 Å². The molecule has 1 heterocycles. The standard InChI is InChI=1S/C20H30N2O2/c1-4-16-9-8-12-22(14-16)20(24)19(17-10-6-5-7-11-17)21-18(23)13-15(2)3/h5-7,10-11,15-16,19H,4,8-9,12-14H2,1-3H3,(H,21,23). The van der Waals surface area contributed by atoms with Gasteiger partial charge in [0.25, 0.3) is 0 Å². The van der Waals surface area contributed by atoms with Crippen molar-refractivity contribution >= 4 is 11.8 Å². The highest BCUT2D eigenvalue weighted by Crippen LogP contribution is 2.23. The van der Waals surface area contributed by atoms with E-state index in [0.29, 0.717) is 12.3 Å². The molecule has 1 aromatic rings. The second kappa shape index (κ2) is 8.86. The van der Waals surface area contributed by atoms with Gasteiger partial charge in [0.05, 0.1) is 0 Å². The minimum absolute atomic E-state index is 0.0245. The number of hydrogen-bond acceptors (Lipinski definition) is 2. The van der Waals surface area contributed by atoms with E-state index in [4.69, 9.17) is 0 Å². The summed E-state index contributed by atoms with van der Waals surface area (Å²) in [6.07, 6.45) is 3.77. The zero-order valence-electron chi connectivity index (χ0n) is 15.1. The normalized spacial score (nSPS) is 19.2. The Morgan fingerprint density at radius 1 is 1.25 bits per heavy atom. The first kappa shape index (κ1) is 18.5. The fourth-order valence-electron chi connectivity index (χ4n) is 3.30. The van der Waals surface area contributed by atoms with E-state index in [1.165, 1.54) is 6.42 Å². The Balaban J connectivity index is 2.15. The van der Waals surface area contributed by atoms with E-state index in [0.717, 1.165) is 31.5 Å². The highest BCUT2D eigenvalue weighted by molar-refractivity contribution is 5.88. The average Bonchev–Trinajstić information content (AvgIpc) is 2.59. The molecular weight excluding hydrogens is 300 g/mol. The molecular formula is C20H30N2O2. The predicted molar refractivity (Wildman–Crippen MR) is 96.4 cm³/mol. The van der Waals surface area contributed by atoms with Crippen molar-refractivity contribution in [3.05, 3.63) is 35.9 Å². The van der Waals surface area contributed by atoms with E-state index >= 15 is 0 Å². The number of hydrogen-bond donors (Lipinski definition) is 1. The molecule has 1 saturated heterocycles. The van der Waals surface area contributed by atoms with Crippen LogP contribution in [0.1, 0.15) is 58.1 Å². The van der Waals surface area contributed by atoms with Crippen LogP contribution in [0.5, 0.6) is 0 Å². The van der Waals surface area contributed by atoms with Crippen molar-refractivity contribution in [3.63, 3.8) is 0 Å². The van der Waals surface area contributed by atoms with E-state index in [1.54, 1.807) is 0 Å². The quantitative estimate of drug-likeness (QED) is 0.867. The topological polar surface area (TPSA) is 49.4 Å². The number of amides is 2. The second-order valence-electron chi connectivity index (χ2n) is 7.21. The molecule has 4 heteroatoms. The third kappa shape index (κ3) is 5.08. The van der Waals surface area contributed by atoms with Crippen molar-refractivity contribution in [1.82, 2.24) is 10.2 Å². The fraction of sp³-hybridized carbons (Fsp3) is 0.600. The van der Waals surface area contributed by atoms with Crippen molar-refractivity contribution in [2.24, 2.45) is 11.8 Å². The Morgan fingerprint density at radius 2 is 1.96 bits per heavy atom. The number of rotatable bonds is 6. The largest absolute Gasteiger partial charge is 0.341 e. The smallest absolute Gasteiger partial charge is 0.249 e. The van der Waals surface area contributed by atoms with Gasteiger partial charge < -0.3 is 10.2 Å². The summed E-state index contributed by atoms with van der Waals surface area (Å²) in [6.45, 7) is 7.79. The molecule has 0 radical (unpaired) electrons. The number of likely N-dealkylation sites (tertiary alicyclic amines) is 1. The third-order valence-corrected chi connectivity index (χ3v) is 4.69. The van der Waals surface area contributed by atoms with Gasteiger partial charge in [-0.2, -0.15) is 0 Å². The Bertz CT molecular complexity index is 542. The van der Waals surface area contributed by atoms with Gasteiger partial charge in [0.2, 0.25) is 11.8 Å². The Labute approximate surface area is 145 Å². The third-order valence-electron chi connectivity index (χ3n) is 4.69. The van der Waals surface area contributed by atoms with E-state index in [2.05, 4.69) is 12.2 Å². The van der Waals surface area contributed by atoms with E-state index in [1.807, 2.05) is 49.1 Å². The van der Waals surface area contributed by atoms with Crippen molar-refractivity contribution < 1.29 is 9.59 Å². The monoisotopic (exact) mass is 330 g/mol. The van der Waals surface area contributed by atoms with Gasteiger partial charge >= 0.3 is 0 Å². The molecule has 0 saturated carbocycles. The highest BCUT2D eigenvalue weighted by atomic mass is 16.2. The molecule has 1 aromatic carbocycles. The fourth-order valence-corrected chi connectivity index (χ4v) is 3.30. The van der Waals surface area contributed by atoms with Crippen LogP contribution in [0, 0.1) is 11.8 Å². The molecule has 24 heavy (non-hydrogen) atoms. The summed E-state index contributed by atoms with van der Waals surface area (Å²) < 4.78 is 0. The van der Waals surface area contributed by atoms with Crippen LogP contribution in [0.3, 0.4) is 0 Å². The van der Waals surface area contributed by atoms with E-state index in [-0.39, 0.29) is 17.7 Å². The summed E-state index contributed by atoms with van der Waals surface area (Å²) in [6, 6.07) is 9.01. The lowest BCUT2D eigenvalue weighted by atomic mass is 9.94. The van der Waals surface area contributed by atoms with Gasteiger partial charge in [0.1, 0.15) is 6.04 Å². The average molecular weight is 330 g/mol. The lowest BCUT2D eigenvalue weighted by molar-refractivity contribution is -0.138. The predicted octanol–water partition coefficient (Wildman–Crippen LogP) is 3.54. The molecule has 1 aliphatic heterocycles. The molecule has 0 bridgehead atoms. The van der Waals surface area contributed by atoms with Gasteiger partial charge in [0, 0.05) is 19.5 Å². The maximum atomic E-state index is 13.1. The number of nitrogens with one attached hydrogen (secondary N) is 1. The zero-order chi connectivity index (χ0) is 17.5. The molecule has 2 rings (SSSR count). The molecule has 132 valence electrons. The SMILES string of the molecule is CCC1CCCN(C(=O)C(NC(=O)CC(C)C)c2ccccc2)C1. The van der Waals surface area contributed by atoms with Crippen molar-refractivity contribution in [2.45, 2.75) is 52.5 Å². The van der Waals surface area contributed by atoms with Crippen LogP contribution in [-0.2, 0) is 9.59 Å². The van der Waals surface area contributed by atoms with Crippen LogP contribution in [0.15, 0.2) is 30.3 Å². The van der Waals surface area contributed by atoms with Gasteiger partial charge in [-0.15, -0.1) is 0 Å². The maximum Gasteiger partial charge on any atom is 0.249 e. The van der Waals surface area contributed by atoms with Crippen LogP contribution < -0.4 is 5.32 Å². The molecule has 0 aromatic heterocycles. The minimum atomic E-state index is -0.576. The molecule has 0 aliphatic carbocycles. The molecule has 1 aliphatic rings. The second-order valence-corrected chi connectivity index (χ2v) is 7.21. The summed E-state index contributed by atoms with van der Waals surface area (Å²) in [5, 5.41) is 2.96. The summed E-state index contributed by atoms with van der Waals surface area (Å²) in [4.78, 5) is 27.3. The van der Waals surface area contributed by atoms with Crippen LogP contribution >= 0.6 is 0 Å². The molecule has 2 atom stereocenters. The minimum Gasteiger partial charge on any atom is -0.341 e. The lowest BCUT2D eigenvalue weighted by Crippen LogP contribution is -2.47. The summed E-state index contributed by atoms with van der Waals surface area (Å²) >= 11 is 0. The van der Waals surface area contributed by atoms with Gasteiger partial charge in [-0.25, -0.2) is 0 Å². The maximum absolute atomic E-state index is 13.1. The van der Waals surface area contributed by atoms with Gasteiger partial charge in [0.15, 0.2) is 0 Å². The first-order valence-corrected chi connectivity index (χ1v) is 9.14. The Kier molecular flexibility index (Phi) is 6.83. The zero-order valence-corrected chi connectivity index (χ0v) is 15.1. The highest BCUT2D eigenvalue weighted by Gasteiger charge is 2.30. The first-order valence-electron chi connectivity index (χ1n) is 9.14. The molecule has 0 spiro atoms. The molecule has 2 unspecified atom stereocenters.